The van der Waals surface area contributed by atoms with Crippen molar-refractivity contribution in [2.75, 3.05) is 20.1 Å². The van der Waals surface area contributed by atoms with Crippen molar-refractivity contribution in [1.82, 2.24) is 5.32 Å². The van der Waals surface area contributed by atoms with Crippen LogP contribution in [-0.4, -0.2) is 32.3 Å². The van der Waals surface area contributed by atoms with Gasteiger partial charge in [-0.05, 0) is 30.9 Å². The summed E-state index contributed by atoms with van der Waals surface area (Å²) in [6.07, 6.45) is 6.04. The first-order valence-corrected chi connectivity index (χ1v) is 9.17. The summed E-state index contributed by atoms with van der Waals surface area (Å²) in [5.41, 5.74) is 16.5. The number of amides is 1. The standard InChI is InChI=1S/C20H29N5O/c1-4-9-25-20(26)18(22)17(21)16-7-5-6-15(19(16)23-3)14-11-13(2)8-10-24-12-14/h5-7,11-13,23H,4,8-10,21-22H2,1-3H3,(H,25,26)/p+1/b18-17+. The van der Waals surface area contributed by atoms with E-state index in [0.29, 0.717) is 18.2 Å². The number of carbonyl (C=O) groups excluding carboxylic acids is 1. The lowest BCUT2D eigenvalue weighted by molar-refractivity contribution is -0.539. The lowest BCUT2D eigenvalue weighted by Gasteiger charge is -2.14. The molecule has 0 radical (unpaired) electrons. The third-order valence-electron chi connectivity index (χ3n) is 4.47. The van der Waals surface area contributed by atoms with Crippen molar-refractivity contribution < 1.29 is 10.1 Å². The number of quaternary nitrogens is 1. The fourth-order valence-corrected chi connectivity index (χ4v) is 3.00. The van der Waals surface area contributed by atoms with E-state index in [4.69, 9.17) is 11.5 Å². The number of nitrogens with two attached hydrogens (primary N) is 3. The van der Waals surface area contributed by atoms with Gasteiger partial charge >= 0.3 is 0 Å². The molecular weight excluding hydrogens is 326 g/mol. The van der Waals surface area contributed by atoms with E-state index in [2.05, 4.69) is 29.4 Å². The van der Waals surface area contributed by atoms with Gasteiger partial charge in [-0.15, -0.1) is 0 Å². The molecule has 6 nitrogen and oxygen atoms in total. The van der Waals surface area contributed by atoms with Crippen molar-refractivity contribution in [3.8, 4) is 0 Å². The summed E-state index contributed by atoms with van der Waals surface area (Å²) in [4.78, 5) is 16.7. The molecule has 0 saturated carbocycles. The summed E-state index contributed by atoms with van der Waals surface area (Å²) in [6, 6.07) is 5.88. The summed E-state index contributed by atoms with van der Waals surface area (Å²) in [5, 5.41) is 4.77. The van der Waals surface area contributed by atoms with E-state index >= 15 is 0 Å². The summed E-state index contributed by atoms with van der Waals surface area (Å²) in [6.45, 7) is 5.58. The molecule has 1 amide bonds. The minimum absolute atomic E-state index is 0.0515. The molecule has 7 N–H and O–H groups in total. The SMILES string of the molecule is CCCNC(=O)/C(N)=C(\N)c1cccc(C2=CC(C)CCN=C2)c1[NH2+]C. The van der Waals surface area contributed by atoms with Crippen LogP contribution in [0.2, 0.25) is 0 Å². The van der Waals surface area contributed by atoms with Gasteiger partial charge in [-0.2, -0.15) is 0 Å². The molecular formula is C20H30N5O+. The lowest BCUT2D eigenvalue weighted by Crippen LogP contribution is -2.73. The van der Waals surface area contributed by atoms with Gasteiger partial charge in [0.05, 0.1) is 18.3 Å². The second-order valence-corrected chi connectivity index (χ2v) is 6.56. The topological polar surface area (TPSA) is 110 Å². The normalized spacial score (nSPS) is 18.0. The lowest BCUT2D eigenvalue weighted by atomic mass is 9.95. The number of para-hydroxylation sites is 1. The van der Waals surface area contributed by atoms with Crippen LogP contribution in [0.25, 0.3) is 11.3 Å². The van der Waals surface area contributed by atoms with Crippen molar-refractivity contribution in [3.05, 3.63) is 41.1 Å². The van der Waals surface area contributed by atoms with Crippen LogP contribution in [0, 0.1) is 5.92 Å². The summed E-state index contributed by atoms with van der Waals surface area (Å²) in [5.74, 6) is 0.124. The summed E-state index contributed by atoms with van der Waals surface area (Å²) in [7, 11) is 1.96. The Labute approximate surface area is 155 Å². The fraction of sp³-hybridized carbons (Fsp3) is 0.400. The Bertz CT molecular complexity index is 749. The Morgan fingerprint density at radius 2 is 2.15 bits per heavy atom. The van der Waals surface area contributed by atoms with Gasteiger partial charge in [0, 0.05) is 30.4 Å². The number of hydrogen-bond donors (Lipinski definition) is 4. The van der Waals surface area contributed by atoms with Crippen molar-refractivity contribution in [2.24, 2.45) is 22.4 Å². The van der Waals surface area contributed by atoms with Crippen LogP contribution >= 0.6 is 0 Å². The first-order valence-electron chi connectivity index (χ1n) is 9.17. The first kappa shape index (κ1) is 19.7. The Hall–Kier alpha value is -2.60. The Kier molecular flexibility index (Phi) is 6.97. The van der Waals surface area contributed by atoms with Gasteiger partial charge in [-0.25, -0.2) is 0 Å². The fourth-order valence-electron chi connectivity index (χ4n) is 3.00. The third kappa shape index (κ3) is 4.52. The molecule has 1 heterocycles. The largest absolute Gasteiger partial charge is 0.396 e. The Morgan fingerprint density at radius 3 is 2.85 bits per heavy atom. The highest BCUT2D eigenvalue weighted by molar-refractivity contribution is 6.12. The smallest absolute Gasteiger partial charge is 0.269 e. The van der Waals surface area contributed by atoms with Crippen LogP contribution in [0.5, 0.6) is 0 Å². The maximum Gasteiger partial charge on any atom is 0.269 e. The predicted molar refractivity (Wildman–Crippen MR) is 108 cm³/mol. The summed E-state index contributed by atoms with van der Waals surface area (Å²) >= 11 is 0. The van der Waals surface area contributed by atoms with Crippen LogP contribution in [0.4, 0.5) is 5.69 Å². The molecule has 26 heavy (non-hydrogen) atoms. The number of rotatable bonds is 6. The van der Waals surface area contributed by atoms with Crippen molar-refractivity contribution in [3.63, 3.8) is 0 Å². The van der Waals surface area contributed by atoms with Crippen LogP contribution in [0.15, 0.2) is 35.0 Å². The second-order valence-electron chi connectivity index (χ2n) is 6.56. The van der Waals surface area contributed by atoms with E-state index in [1.165, 1.54) is 0 Å². The van der Waals surface area contributed by atoms with E-state index in [1.807, 2.05) is 37.6 Å². The van der Waals surface area contributed by atoms with E-state index in [1.54, 1.807) is 0 Å². The summed E-state index contributed by atoms with van der Waals surface area (Å²) < 4.78 is 0. The molecule has 1 aromatic rings. The molecule has 1 atom stereocenters. The molecule has 1 aliphatic heterocycles. The highest BCUT2D eigenvalue weighted by Gasteiger charge is 2.20. The molecule has 0 aromatic heterocycles. The van der Waals surface area contributed by atoms with Gasteiger partial charge in [-0.1, -0.05) is 26.0 Å². The van der Waals surface area contributed by atoms with Crippen molar-refractivity contribution >= 4 is 29.1 Å². The van der Waals surface area contributed by atoms with E-state index in [9.17, 15) is 4.79 Å². The quantitative estimate of drug-likeness (QED) is 0.453. The average molecular weight is 356 g/mol. The maximum atomic E-state index is 12.2. The van der Waals surface area contributed by atoms with Crippen molar-refractivity contribution in [1.29, 1.82) is 0 Å². The van der Waals surface area contributed by atoms with Crippen LogP contribution in [0.3, 0.4) is 0 Å². The first-order chi connectivity index (χ1) is 12.5. The van der Waals surface area contributed by atoms with Crippen LogP contribution in [0.1, 0.15) is 37.8 Å². The highest BCUT2D eigenvalue weighted by Crippen LogP contribution is 2.29. The molecule has 140 valence electrons. The zero-order valence-electron chi connectivity index (χ0n) is 15.9. The second kappa shape index (κ2) is 9.20. The number of benzene rings is 1. The van der Waals surface area contributed by atoms with Crippen LogP contribution < -0.4 is 22.1 Å². The van der Waals surface area contributed by atoms with Gasteiger partial charge in [0.15, 0.2) is 0 Å². The molecule has 0 saturated heterocycles. The number of aliphatic imine (C=N–C) groups is 1. The molecule has 0 spiro atoms. The molecule has 1 aliphatic rings. The minimum Gasteiger partial charge on any atom is -0.396 e. The van der Waals surface area contributed by atoms with Gasteiger partial charge in [-0.3, -0.25) is 9.79 Å². The molecule has 1 aromatic carbocycles. The van der Waals surface area contributed by atoms with E-state index in [-0.39, 0.29) is 11.6 Å². The molecule has 0 aliphatic carbocycles. The Morgan fingerprint density at radius 1 is 1.38 bits per heavy atom. The number of allylic oxidation sites excluding steroid dienone is 2. The maximum absolute atomic E-state index is 12.2. The molecule has 6 heteroatoms. The van der Waals surface area contributed by atoms with Gasteiger partial charge < -0.3 is 22.1 Å². The monoisotopic (exact) mass is 356 g/mol. The predicted octanol–water partition coefficient (Wildman–Crippen LogP) is 1.12. The zero-order valence-corrected chi connectivity index (χ0v) is 15.9. The molecule has 0 bridgehead atoms. The van der Waals surface area contributed by atoms with E-state index in [0.717, 1.165) is 41.8 Å². The molecule has 2 rings (SSSR count). The number of nitrogens with one attached hydrogen (secondary N) is 1. The number of nitrogens with zero attached hydrogens (tertiary/aromatic N) is 1. The van der Waals surface area contributed by atoms with Crippen LogP contribution in [-0.2, 0) is 4.79 Å². The number of hydrogen-bond acceptors (Lipinski definition) is 4. The third-order valence-corrected chi connectivity index (χ3v) is 4.47. The minimum atomic E-state index is -0.333. The number of carbonyl (C=O) groups is 1. The molecule has 1 unspecified atom stereocenters. The van der Waals surface area contributed by atoms with Crippen molar-refractivity contribution in [2.45, 2.75) is 26.7 Å². The Balaban J connectivity index is 2.49. The zero-order chi connectivity index (χ0) is 19.1. The average Bonchev–Trinajstić information content (AvgIpc) is 2.88. The van der Waals surface area contributed by atoms with Gasteiger partial charge in [0.25, 0.3) is 5.91 Å². The van der Waals surface area contributed by atoms with Gasteiger partial charge in [0.2, 0.25) is 0 Å². The highest BCUT2D eigenvalue weighted by atomic mass is 16.2. The van der Waals surface area contributed by atoms with E-state index < -0.39 is 0 Å². The van der Waals surface area contributed by atoms with Gasteiger partial charge in [0.1, 0.15) is 11.4 Å². The molecule has 0 fully saturated rings.